The van der Waals surface area contributed by atoms with Gasteiger partial charge in [-0.2, -0.15) is 0 Å². The molecule has 3 aromatic rings. The minimum atomic E-state index is -0.255. The van der Waals surface area contributed by atoms with Crippen LogP contribution >= 0.6 is 0 Å². The Balaban J connectivity index is 1.45. The predicted molar refractivity (Wildman–Crippen MR) is 95.6 cm³/mol. The Hall–Kier alpha value is -3.09. The fraction of sp³-hybridized carbons (Fsp3) is 0.300. The molecule has 0 radical (unpaired) electrons. The largest absolute Gasteiger partial charge is 0.445 e. The van der Waals surface area contributed by atoms with Gasteiger partial charge in [0.15, 0.2) is 5.89 Å². The van der Waals surface area contributed by atoms with Gasteiger partial charge in [-0.15, -0.1) is 0 Å². The Morgan fingerprint density at radius 3 is 2.85 bits per heavy atom. The van der Waals surface area contributed by atoms with Gasteiger partial charge in [-0.25, -0.2) is 19.3 Å². The van der Waals surface area contributed by atoms with Crippen molar-refractivity contribution in [2.75, 3.05) is 13.1 Å². The summed E-state index contributed by atoms with van der Waals surface area (Å²) in [5, 5.41) is 0. The van der Waals surface area contributed by atoms with Gasteiger partial charge in [0.2, 0.25) is 0 Å². The molecule has 0 spiro atoms. The second-order valence-corrected chi connectivity index (χ2v) is 6.65. The summed E-state index contributed by atoms with van der Waals surface area (Å²) in [4.78, 5) is 26.6. The molecule has 4 rings (SSSR count). The van der Waals surface area contributed by atoms with Crippen LogP contribution in [0.1, 0.15) is 46.3 Å². The number of halogens is 1. The molecule has 0 aliphatic carbocycles. The lowest BCUT2D eigenvalue weighted by atomic mass is 9.97. The molecule has 27 heavy (non-hydrogen) atoms. The van der Waals surface area contributed by atoms with E-state index in [2.05, 4.69) is 15.0 Å². The van der Waals surface area contributed by atoms with Crippen LogP contribution < -0.4 is 0 Å². The highest BCUT2D eigenvalue weighted by atomic mass is 19.1. The Morgan fingerprint density at radius 1 is 1.22 bits per heavy atom. The Morgan fingerprint density at radius 2 is 2.04 bits per heavy atom. The Labute approximate surface area is 156 Å². The van der Waals surface area contributed by atoms with Crippen molar-refractivity contribution in [3.63, 3.8) is 0 Å². The number of aromatic nitrogens is 3. The second-order valence-electron chi connectivity index (χ2n) is 6.65. The highest BCUT2D eigenvalue weighted by Crippen LogP contribution is 2.28. The first-order chi connectivity index (χ1) is 13.2. The van der Waals surface area contributed by atoms with Crippen molar-refractivity contribution in [3.05, 3.63) is 77.8 Å². The fourth-order valence-corrected chi connectivity index (χ4v) is 3.38. The SMILES string of the molecule is O=C(c1cncnc1)N1CCC[C@H](c2ncc(Cc3ccccc3F)o2)C1. The number of hydrogen-bond acceptors (Lipinski definition) is 5. The third-order valence-corrected chi connectivity index (χ3v) is 4.76. The van der Waals surface area contributed by atoms with Crippen molar-refractivity contribution in [1.29, 1.82) is 0 Å². The molecule has 3 heterocycles. The van der Waals surface area contributed by atoms with Gasteiger partial charge in [-0.1, -0.05) is 18.2 Å². The zero-order valence-electron chi connectivity index (χ0n) is 14.7. The lowest BCUT2D eigenvalue weighted by Crippen LogP contribution is -2.39. The highest BCUT2D eigenvalue weighted by molar-refractivity contribution is 5.93. The van der Waals surface area contributed by atoms with Crippen molar-refractivity contribution < 1.29 is 13.6 Å². The van der Waals surface area contributed by atoms with Crippen molar-refractivity contribution >= 4 is 5.91 Å². The highest BCUT2D eigenvalue weighted by Gasteiger charge is 2.28. The molecule has 0 N–H and O–H groups in total. The molecule has 7 heteroatoms. The average Bonchev–Trinajstić information content (AvgIpc) is 3.19. The molecule has 1 aromatic carbocycles. The van der Waals surface area contributed by atoms with E-state index in [1.165, 1.54) is 24.8 Å². The number of piperidine rings is 1. The van der Waals surface area contributed by atoms with Gasteiger partial charge in [0.25, 0.3) is 5.91 Å². The summed E-state index contributed by atoms with van der Waals surface area (Å²) in [7, 11) is 0. The van der Waals surface area contributed by atoms with E-state index in [9.17, 15) is 9.18 Å². The number of rotatable bonds is 4. The van der Waals surface area contributed by atoms with Crippen LogP contribution in [0.15, 0.2) is 53.6 Å². The first-order valence-corrected chi connectivity index (χ1v) is 8.93. The maximum absolute atomic E-state index is 13.8. The lowest BCUT2D eigenvalue weighted by molar-refractivity contribution is 0.0697. The molecule has 1 amide bonds. The molecule has 1 aliphatic rings. The molecule has 0 bridgehead atoms. The summed E-state index contributed by atoms with van der Waals surface area (Å²) < 4.78 is 19.7. The minimum Gasteiger partial charge on any atom is -0.445 e. The van der Waals surface area contributed by atoms with Crippen LogP contribution in [0, 0.1) is 5.82 Å². The number of carbonyl (C=O) groups excluding carboxylic acids is 1. The molecule has 6 nitrogen and oxygen atoms in total. The van der Waals surface area contributed by atoms with Gasteiger partial charge in [-0.05, 0) is 24.5 Å². The van der Waals surface area contributed by atoms with Crippen molar-refractivity contribution in [2.24, 2.45) is 0 Å². The van der Waals surface area contributed by atoms with Crippen LogP contribution in [-0.4, -0.2) is 38.8 Å². The third kappa shape index (κ3) is 3.86. The van der Waals surface area contributed by atoms with Crippen molar-refractivity contribution in [3.8, 4) is 0 Å². The Kier molecular flexibility index (Phi) is 4.91. The fourth-order valence-electron chi connectivity index (χ4n) is 3.38. The van der Waals surface area contributed by atoms with E-state index < -0.39 is 0 Å². The number of hydrogen-bond donors (Lipinski definition) is 0. The third-order valence-electron chi connectivity index (χ3n) is 4.76. The van der Waals surface area contributed by atoms with E-state index in [1.54, 1.807) is 29.3 Å². The summed E-state index contributed by atoms with van der Waals surface area (Å²) in [5.41, 5.74) is 1.05. The molecule has 1 atom stereocenters. The first-order valence-electron chi connectivity index (χ1n) is 8.93. The average molecular weight is 366 g/mol. The number of oxazole rings is 1. The number of nitrogens with zero attached hydrogens (tertiary/aromatic N) is 4. The van der Waals surface area contributed by atoms with Gasteiger partial charge in [0.1, 0.15) is 17.9 Å². The molecular formula is C20H19FN4O2. The summed E-state index contributed by atoms with van der Waals surface area (Å²) in [6, 6.07) is 6.63. The van der Waals surface area contributed by atoms with Gasteiger partial charge in [0, 0.05) is 31.9 Å². The Bertz CT molecular complexity index is 928. The normalized spacial score (nSPS) is 17.1. The van der Waals surface area contributed by atoms with E-state index in [0.29, 0.717) is 42.3 Å². The summed E-state index contributed by atoms with van der Waals surface area (Å²) >= 11 is 0. The van der Waals surface area contributed by atoms with Crippen molar-refractivity contribution in [2.45, 2.75) is 25.2 Å². The lowest BCUT2D eigenvalue weighted by Gasteiger charge is -2.31. The first kappa shape index (κ1) is 17.3. The van der Waals surface area contributed by atoms with Crippen LogP contribution in [0.4, 0.5) is 4.39 Å². The van der Waals surface area contributed by atoms with Gasteiger partial charge in [-0.3, -0.25) is 4.79 Å². The number of carbonyl (C=O) groups is 1. The molecule has 138 valence electrons. The van der Waals surface area contributed by atoms with Crippen LogP contribution in [-0.2, 0) is 6.42 Å². The predicted octanol–water partition coefficient (Wildman–Crippen LogP) is 3.21. The monoisotopic (exact) mass is 366 g/mol. The molecular weight excluding hydrogens is 347 g/mol. The summed E-state index contributed by atoms with van der Waals surface area (Å²) in [5.74, 6) is 0.910. The number of benzene rings is 1. The van der Waals surface area contributed by atoms with E-state index in [-0.39, 0.29) is 17.6 Å². The van der Waals surface area contributed by atoms with Crippen LogP contribution in [0.25, 0.3) is 0 Å². The van der Waals surface area contributed by atoms with Crippen molar-refractivity contribution in [1.82, 2.24) is 19.9 Å². The van der Waals surface area contributed by atoms with Gasteiger partial charge in [0.05, 0.1) is 17.7 Å². The zero-order chi connectivity index (χ0) is 18.6. The number of likely N-dealkylation sites (tertiary alicyclic amines) is 1. The summed E-state index contributed by atoms with van der Waals surface area (Å²) in [6.07, 6.45) is 8.22. The molecule has 2 aromatic heterocycles. The topological polar surface area (TPSA) is 72.1 Å². The van der Waals surface area contributed by atoms with E-state index in [4.69, 9.17) is 4.42 Å². The van der Waals surface area contributed by atoms with Crippen LogP contribution in [0.3, 0.4) is 0 Å². The molecule has 1 aliphatic heterocycles. The van der Waals surface area contributed by atoms with E-state index in [1.807, 2.05) is 0 Å². The quantitative estimate of drug-likeness (QED) is 0.709. The second kappa shape index (κ2) is 7.65. The number of amides is 1. The zero-order valence-corrected chi connectivity index (χ0v) is 14.7. The maximum Gasteiger partial charge on any atom is 0.257 e. The minimum absolute atomic E-state index is 0.0294. The maximum atomic E-state index is 13.8. The molecule has 0 unspecified atom stereocenters. The standard InChI is InChI=1S/C20H19FN4O2/c21-18-6-2-1-4-14(18)8-17-11-24-19(27-17)15-5-3-7-25(12-15)20(26)16-9-22-13-23-10-16/h1-2,4,6,9-11,13,15H,3,5,7-8,12H2/t15-/m0/s1. The molecule has 1 fully saturated rings. The summed E-state index contributed by atoms with van der Waals surface area (Å²) in [6.45, 7) is 1.22. The van der Waals surface area contributed by atoms with Gasteiger partial charge < -0.3 is 9.32 Å². The van der Waals surface area contributed by atoms with Crippen LogP contribution in [0.2, 0.25) is 0 Å². The van der Waals surface area contributed by atoms with Crippen LogP contribution in [0.5, 0.6) is 0 Å². The molecule has 1 saturated heterocycles. The molecule has 0 saturated carbocycles. The van der Waals surface area contributed by atoms with Gasteiger partial charge >= 0.3 is 0 Å². The van der Waals surface area contributed by atoms with E-state index >= 15 is 0 Å². The smallest absolute Gasteiger partial charge is 0.257 e. The van der Waals surface area contributed by atoms with E-state index in [0.717, 1.165) is 12.8 Å².